The molecule has 0 N–H and O–H groups in total. The van der Waals surface area contributed by atoms with Crippen molar-refractivity contribution in [2.75, 3.05) is 0 Å². The lowest BCUT2D eigenvalue weighted by Gasteiger charge is -2.61. The van der Waals surface area contributed by atoms with E-state index in [-0.39, 0.29) is 24.8 Å². The van der Waals surface area contributed by atoms with Crippen LogP contribution in [0.4, 0.5) is 0 Å². The van der Waals surface area contributed by atoms with Crippen molar-refractivity contribution >= 4 is 21.2 Å². The molecule has 4 aliphatic carbocycles. The van der Waals surface area contributed by atoms with Crippen molar-refractivity contribution in [3.8, 4) is 12.1 Å². The molecule has 4 saturated carbocycles. The first-order valence-corrected chi connectivity index (χ1v) is 13.6. The van der Waals surface area contributed by atoms with Gasteiger partial charge in [-0.3, -0.25) is 9.59 Å². The minimum Gasteiger partial charge on any atom is -0.436 e. The van der Waals surface area contributed by atoms with Crippen LogP contribution in [0.15, 0.2) is 0 Å². The summed E-state index contributed by atoms with van der Waals surface area (Å²) in [5.41, 5.74) is -1.42. The zero-order chi connectivity index (χ0) is 26.8. The SMILES string of the molecule is CC(OC(=O)CCC(C)(C)C#N)OC12CC3CC(C1)CC(OC(C)OC(=O)CCC(C)(P)C#N)(C3)C2. The molecule has 8 nitrogen and oxygen atoms in total. The third-order valence-corrected chi connectivity index (χ3v) is 8.16. The summed E-state index contributed by atoms with van der Waals surface area (Å²) in [6.45, 7) is 8.89. The molecule has 0 spiro atoms. The average Bonchev–Trinajstić information content (AvgIpc) is 2.74. The summed E-state index contributed by atoms with van der Waals surface area (Å²) in [5.74, 6) is 0.186. The normalized spacial score (nSPS) is 32.0. The van der Waals surface area contributed by atoms with Crippen molar-refractivity contribution in [1.29, 1.82) is 10.5 Å². The van der Waals surface area contributed by atoms with Crippen LogP contribution >= 0.6 is 9.24 Å². The minimum absolute atomic E-state index is 0.154. The molecule has 9 heteroatoms. The van der Waals surface area contributed by atoms with E-state index < -0.39 is 34.4 Å². The molecule has 6 atom stereocenters. The number of esters is 2. The van der Waals surface area contributed by atoms with Crippen molar-refractivity contribution in [3.63, 3.8) is 0 Å². The van der Waals surface area contributed by atoms with Gasteiger partial charge in [-0.15, -0.1) is 9.24 Å². The van der Waals surface area contributed by atoms with Gasteiger partial charge in [-0.1, -0.05) is 0 Å². The molecule has 0 aliphatic heterocycles. The fraction of sp³-hybridized carbons (Fsp3) is 0.852. The largest absolute Gasteiger partial charge is 0.436 e. The fourth-order valence-corrected chi connectivity index (χ4v) is 6.64. The zero-order valence-corrected chi connectivity index (χ0v) is 23.5. The first-order chi connectivity index (χ1) is 16.7. The maximum absolute atomic E-state index is 12.3. The van der Waals surface area contributed by atoms with Gasteiger partial charge in [0.15, 0.2) is 0 Å². The van der Waals surface area contributed by atoms with E-state index in [2.05, 4.69) is 21.4 Å². The first kappa shape index (κ1) is 28.8. The van der Waals surface area contributed by atoms with E-state index in [0.29, 0.717) is 31.1 Å². The Morgan fingerprint density at radius 3 is 1.75 bits per heavy atom. The molecule has 4 fully saturated rings. The summed E-state index contributed by atoms with van der Waals surface area (Å²) < 4.78 is 24.0. The van der Waals surface area contributed by atoms with E-state index in [1.54, 1.807) is 34.6 Å². The van der Waals surface area contributed by atoms with E-state index >= 15 is 0 Å². The lowest BCUT2D eigenvalue weighted by molar-refractivity contribution is -0.301. The van der Waals surface area contributed by atoms with E-state index in [4.69, 9.17) is 29.5 Å². The highest BCUT2D eigenvalue weighted by Gasteiger charge is 2.60. The molecule has 0 saturated heterocycles. The molecule has 4 aliphatic rings. The monoisotopic (exact) mass is 520 g/mol. The molecule has 4 bridgehead atoms. The van der Waals surface area contributed by atoms with Gasteiger partial charge in [-0.25, -0.2) is 0 Å². The number of ether oxygens (including phenoxy) is 4. The summed E-state index contributed by atoms with van der Waals surface area (Å²) in [6.07, 6.45) is 5.24. The quantitative estimate of drug-likeness (QED) is 0.197. The molecule has 200 valence electrons. The predicted molar refractivity (Wildman–Crippen MR) is 135 cm³/mol. The Morgan fingerprint density at radius 1 is 0.889 bits per heavy atom. The maximum atomic E-state index is 12.3. The van der Waals surface area contributed by atoms with Crippen molar-refractivity contribution in [3.05, 3.63) is 0 Å². The highest BCUT2D eigenvalue weighted by atomic mass is 31.0. The summed E-state index contributed by atoms with van der Waals surface area (Å²) in [4.78, 5) is 24.7. The molecule has 0 radical (unpaired) electrons. The van der Waals surface area contributed by atoms with Crippen molar-refractivity contribution < 1.29 is 28.5 Å². The van der Waals surface area contributed by atoms with Gasteiger partial charge >= 0.3 is 11.9 Å². The second-order valence-corrected chi connectivity index (χ2v) is 13.5. The second-order valence-electron chi connectivity index (χ2n) is 12.2. The van der Waals surface area contributed by atoms with Gasteiger partial charge in [0, 0.05) is 19.3 Å². The van der Waals surface area contributed by atoms with Crippen LogP contribution in [-0.2, 0) is 28.5 Å². The molecule has 0 heterocycles. The van der Waals surface area contributed by atoms with Gasteiger partial charge in [0.2, 0.25) is 12.6 Å². The van der Waals surface area contributed by atoms with Crippen LogP contribution in [0.3, 0.4) is 0 Å². The molecule has 4 rings (SSSR count). The van der Waals surface area contributed by atoms with E-state index in [9.17, 15) is 9.59 Å². The third-order valence-electron chi connectivity index (χ3n) is 7.74. The second kappa shape index (κ2) is 10.9. The summed E-state index contributed by atoms with van der Waals surface area (Å²) in [5, 5.41) is 17.6. The van der Waals surface area contributed by atoms with Gasteiger partial charge in [-0.2, -0.15) is 10.5 Å². The molecule has 36 heavy (non-hydrogen) atoms. The first-order valence-electron chi connectivity index (χ1n) is 13.0. The van der Waals surface area contributed by atoms with Crippen LogP contribution in [0, 0.1) is 39.9 Å². The molecule has 0 amide bonds. The fourth-order valence-electron chi connectivity index (χ4n) is 6.50. The summed E-state index contributed by atoms with van der Waals surface area (Å²) in [7, 11) is 2.47. The predicted octanol–water partition coefficient (Wildman–Crippen LogP) is 5.16. The van der Waals surface area contributed by atoms with Crippen molar-refractivity contribution in [2.24, 2.45) is 17.3 Å². The van der Waals surface area contributed by atoms with Gasteiger partial charge in [0.1, 0.15) is 0 Å². The highest BCUT2D eigenvalue weighted by Crippen LogP contribution is 2.60. The number of hydrogen-bond donors (Lipinski definition) is 0. The van der Waals surface area contributed by atoms with Crippen LogP contribution in [0.5, 0.6) is 0 Å². The van der Waals surface area contributed by atoms with Crippen molar-refractivity contribution in [1.82, 2.24) is 0 Å². The zero-order valence-electron chi connectivity index (χ0n) is 22.3. The lowest BCUT2D eigenvalue weighted by Crippen LogP contribution is -2.62. The highest BCUT2D eigenvalue weighted by molar-refractivity contribution is 7.19. The standard InChI is InChI=1S/C27H41N2O6P/c1-18(32-22(30)6-8-24(3,4)16-28)34-26-11-20-10-21(12-26)14-27(13-20,15-26)35-19(2)33-23(31)7-9-25(5,36)17-29/h18-21H,6-15,36H2,1-5H3. The van der Waals surface area contributed by atoms with Crippen LogP contribution in [0.25, 0.3) is 0 Å². The van der Waals surface area contributed by atoms with Crippen molar-refractivity contribution in [2.45, 2.75) is 128 Å². The molecule has 0 aromatic heterocycles. The average molecular weight is 521 g/mol. The topological polar surface area (TPSA) is 119 Å². The van der Waals surface area contributed by atoms with Gasteiger partial charge in [-0.05, 0) is 91.4 Å². The number of rotatable bonds is 12. The Bertz CT molecular complexity index is 836. The summed E-state index contributed by atoms with van der Waals surface area (Å²) in [6, 6.07) is 4.37. The van der Waals surface area contributed by atoms with Crippen LogP contribution < -0.4 is 0 Å². The van der Waals surface area contributed by atoms with E-state index in [1.807, 2.05) is 0 Å². The summed E-state index contributed by atoms with van der Waals surface area (Å²) >= 11 is 0. The van der Waals surface area contributed by atoms with Gasteiger partial charge in [0.25, 0.3) is 0 Å². The molecule has 0 aromatic carbocycles. The van der Waals surface area contributed by atoms with E-state index in [0.717, 1.165) is 32.1 Å². The molecule has 6 unspecified atom stereocenters. The smallest absolute Gasteiger partial charge is 0.308 e. The Hall–Kier alpha value is -1.73. The third kappa shape index (κ3) is 7.64. The van der Waals surface area contributed by atoms with Crippen LogP contribution in [-0.4, -0.2) is 40.9 Å². The number of carbonyl (C=O) groups excluding carboxylic acids is 2. The Morgan fingerprint density at radius 2 is 1.33 bits per heavy atom. The number of carbonyl (C=O) groups is 2. The maximum Gasteiger partial charge on any atom is 0.308 e. The molecular formula is C27H41N2O6P. The van der Waals surface area contributed by atoms with Crippen LogP contribution in [0.2, 0.25) is 0 Å². The van der Waals surface area contributed by atoms with Gasteiger partial charge < -0.3 is 18.9 Å². The molecule has 0 aromatic rings. The Balaban J connectivity index is 1.56. The Labute approximate surface area is 217 Å². The Kier molecular flexibility index (Phi) is 8.76. The van der Waals surface area contributed by atoms with Gasteiger partial charge in [0.05, 0.1) is 33.9 Å². The minimum atomic E-state index is -0.692. The number of nitriles is 2. The van der Waals surface area contributed by atoms with E-state index in [1.165, 1.54) is 0 Å². The van der Waals surface area contributed by atoms with Crippen LogP contribution in [0.1, 0.15) is 98.8 Å². The number of hydrogen-bond acceptors (Lipinski definition) is 8. The number of nitrogens with zero attached hydrogens (tertiary/aromatic N) is 2. The molecular weight excluding hydrogens is 479 g/mol. The lowest BCUT2D eigenvalue weighted by atomic mass is 9.52.